The lowest BCUT2D eigenvalue weighted by Gasteiger charge is -2.29. The minimum Gasteiger partial charge on any atom is -0.368 e. The van der Waals surface area contributed by atoms with Gasteiger partial charge in [0.1, 0.15) is 6.10 Å². The van der Waals surface area contributed by atoms with E-state index in [1.165, 1.54) is 0 Å². The zero-order valence-electron chi connectivity index (χ0n) is 11.3. The quantitative estimate of drug-likeness (QED) is 0.838. The zero-order chi connectivity index (χ0) is 13.5. The highest BCUT2D eigenvalue weighted by Crippen LogP contribution is 2.03. The SMILES string of the molecule is CC(OCCc1ccccn1)C(=O)N1CCNCC1. The van der Waals surface area contributed by atoms with E-state index in [0.717, 1.165) is 38.3 Å². The Morgan fingerprint density at radius 1 is 1.47 bits per heavy atom. The van der Waals surface area contributed by atoms with E-state index < -0.39 is 0 Å². The van der Waals surface area contributed by atoms with Crippen LogP contribution in [0.1, 0.15) is 12.6 Å². The van der Waals surface area contributed by atoms with E-state index in [1.807, 2.05) is 30.0 Å². The summed E-state index contributed by atoms with van der Waals surface area (Å²) in [7, 11) is 0. The van der Waals surface area contributed by atoms with Crippen molar-refractivity contribution in [3.05, 3.63) is 30.1 Å². The molecule has 1 aliphatic heterocycles. The second kappa shape index (κ2) is 7.21. The highest BCUT2D eigenvalue weighted by atomic mass is 16.5. The zero-order valence-corrected chi connectivity index (χ0v) is 11.3. The van der Waals surface area contributed by atoms with Crippen molar-refractivity contribution in [2.45, 2.75) is 19.4 Å². The minimum absolute atomic E-state index is 0.0857. The van der Waals surface area contributed by atoms with Crippen molar-refractivity contribution >= 4 is 5.91 Å². The molecule has 1 aliphatic rings. The maximum Gasteiger partial charge on any atom is 0.251 e. The van der Waals surface area contributed by atoms with Crippen LogP contribution in [0.5, 0.6) is 0 Å². The highest BCUT2D eigenvalue weighted by Gasteiger charge is 2.22. The van der Waals surface area contributed by atoms with E-state index in [1.54, 1.807) is 6.20 Å². The Labute approximate surface area is 114 Å². The summed E-state index contributed by atoms with van der Waals surface area (Å²) < 4.78 is 5.61. The number of hydrogen-bond donors (Lipinski definition) is 1. The van der Waals surface area contributed by atoms with Crippen LogP contribution in [-0.2, 0) is 16.0 Å². The summed E-state index contributed by atoms with van der Waals surface area (Å²) in [6.07, 6.45) is 2.13. The maximum atomic E-state index is 12.1. The Balaban J connectivity index is 1.71. The fraction of sp³-hybridized carbons (Fsp3) is 0.571. The van der Waals surface area contributed by atoms with Crippen molar-refractivity contribution in [2.75, 3.05) is 32.8 Å². The lowest BCUT2D eigenvalue weighted by atomic mass is 10.2. The largest absolute Gasteiger partial charge is 0.368 e. The summed E-state index contributed by atoms with van der Waals surface area (Å²) in [5.41, 5.74) is 0.990. The molecule has 1 aromatic heterocycles. The van der Waals surface area contributed by atoms with Crippen molar-refractivity contribution in [3.8, 4) is 0 Å². The molecule has 1 aromatic rings. The molecule has 0 aliphatic carbocycles. The number of ether oxygens (including phenoxy) is 1. The van der Waals surface area contributed by atoms with Gasteiger partial charge in [0.25, 0.3) is 5.91 Å². The van der Waals surface area contributed by atoms with Crippen LogP contribution in [0, 0.1) is 0 Å². The first-order valence-corrected chi connectivity index (χ1v) is 6.78. The smallest absolute Gasteiger partial charge is 0.251 e. The Morgan fingerprint density at radius 2 is 2.26 bits per heavy atom. The number of aromatic nitrogens is 1. The van der Waals surface area contributed by atoms with Gasteiger partial charge in [-0.15, -0.1) is 0 Å². The van der Waals surface area contributed by atoms with Crippen LogP contribution in [0.15, 0.2) is 24.4 Å². The number of amides is 1. The number of pyridine rings is 1. The molecule has 0 saturated carbocycles. The van der Waals surface area contributed by atoms with Gasteiger partial charge >= 0.3 is 0 Å². The Kier molecular flexibility index (Phi) is 5.30. The first-order chi connectivity index (χ1) is 9.27. The average Bonchev–Trinajstić information content (AvgIpc) is 2.48. The molecule has 104 valence electrons. The summed E-state index contributed by atoms with van der Waals surface area (Å²) in [6, 6.07) is 5.81. The first kappa shape index (κ1) is 14.0. The van der Waals surface area contributed by atoms with Gasteiger partial charge in [-0.2, -0.15) is 0 Å². The van der Waals surface area contributed by atoms with E-state index in [9.17, 15) is 4.79 Å². The summed E-state index contributed by atoms with van der Waals surface area (Å²) in [6.45, 7) is 5.62. The van der Waals surface area contributed by atoms with E-state index in [0.29, 0.717) is 6.61 Å². The van der Waals surface area contributed by atoms with Gasteiger partial charge in [0.05, 0.1) is 6.61 Å². The fourth-order valence-electron chi connectivity index (χ4n) is 2.10. The molecular formula is C14H21N3O2. The topological polar surface area (TPSA) is 54.5 Å². The van der Waals surface area contributed by atoms with Gasteiger partial charge in [0.15, 0.2) is 0 Å². The molecule has 0 aromatic carbocycles. The second-order valence-electron chi connectivity index (χ2n) is 4.66. The normalized spacial score (nSPS) is 17.2. The van der Waals surface area contributed by atoms with Crippen molar-refractivity contribution in [1.82, 2.24) is 15.2 Å². The average molecular weight is 263 g/mol. The van der Waals surface area contributed by atoms with Crippen LogP contribution in [-0.4, -0.2) is 54.7 Å². The number of nitrogens with one attached hydrogen (secondary N) is 1. The summed E-state index contributed by atoms with van der Waals surface area (Å²) >= 11 is 0. The molecule has 1 unspecified atom stereocenters. The van der Waals surface area contributed by atoms with Gasteiger partial charge < -0.3 is 15.0 Å². The summed E-state index contributed by atoms with van der Waals surface area (Å²) in [4.78, 5) is 18.2. The number of piperazine rings is 1. The van der Waals surface area contributed by atoms with Crippen molar-refractivity contribution in [2.24, 2.45) is 0 Å². The molecule has 0 bridgehead atoms. The predicted octanol–water partition coefficient (Wildman–Crippen LogP) is 0.461. The molecule has 19 heavy (non-hydrogen) atoms. The fourth-order valence-corrected chi connectivity index (χ4v) is 2.10. The Hall–Kier alpha value is -1.46. The Morgan fingerprint density at radius 3 is 2.95 bits per heavy atom. The molecular weight excluding hydrogens is 242 g/mol. The number of rotatable bonds is 5. The molecule has 5 heteroatoms. The minimum atomic E-state index is -0.373. The monoisotopic (exact) mass is 263 g/mol. The number of nitrogens with zero attached hydrogens (tertiary/aromatic N) is 2. The molecule has 1 fully saturated rings. The van der Waals surface area contributed by atoms with Gasteiger partial charge in [-0.05, 0) is 19.1 Å². The summed E-state index contributed by atoms with van der Waals surface area (Å²) in [5.74, 6) is 0.0857. The second-order valence-corrected chi connectivity index (χ2v) is 4.66. The Bertz CT molecular complexity index is 391. The van der Waals surface area contributed by atoms with E-state index in [-0.39, 0.29) is 12.0 Å². The van der Waals surface area contributed by atoms with Gasteiger partial charge in [0, 0.05) is 44.5 Å². The van der Waals surface area contributed by atoms with Gasteiger partial charge in [-0.25, -0.2) is 0 Å². The van der Waals surface area contributed by atoms with Crippen LogP contribution in [0.2, 0.25) is 0 Å². The molecule has 2 rings (SSSR count). The van der Waals surface area contributed by atoms with Crippen LogP contribution in [0.25, 0.3) is 0 Å². The highest BCUT2D eigenvalue weighted by molar-refractivity contribution is 5.80. The third-order valence-corrected chi connectivity index (χ3v) is 3.23. The number of carbonyl (C=O) groups is 1. The molecule has 1 atom stereocenters. The van der Waals surface area contributed by atoms with Crippen molar-refractivity contribution < 1.29 is 9.53 Å². The van der Waals surface area contributed by atoms with Gasteiger partial charge in [-0.3, -0.25) is 9.78 Å². The van der Waals surface area contributed by atoms with E-state index >= 15 is 0 Å². The first-order valence-electron chi connectivity index (χ1n) is 6.78. The summed E-state index contributed by atoms with van der Waals surface area (Å²) in [5, 5.41) is 3.23. The molecule has 0 spiro atoms. The standard InChI is InChI=1S/C14H21N3O2/c1-12(14(18)17-9-7-15-8-10-17)19-11-5-13-4-2-3-6-16-13/h2-4,6,12,15H,5,7-11H2,1H3. The maximum absolute atomic E-state index is 12.1. The van der Waals surface area contributed by atoms with Crippen molar-refractivity contribution in [3.63, 3.8) is 0 Å². The molecule has 0 radical (unpaired) electrons. The lowest BCUT2D eigenvalue weighted by Crippen LogP contribution is -2.49. The number of carbonyl (C=O) groups excluding carboxylic acids is 1. The van der Waals surface area contributed by atoms with E-state index in [4.69, 9.17) is 4.74 Å². The molecule has 2 heterocycles. The molecule has 1 N–H and O–H groups in total. The molecule has 1 saturated heterocycles. The third kappa shape index (κ3) is 4.29. The van der Waals surface area contributed by atoms with Crippen LogP contribution in [0.4, 0.5) is 0 Å². The molecule has 5 nitrogen and oxygen atoms in total. The van der Waals surface area contributed by atoms with Crippen molar-refractivity contribution in [1.29, 1.82) is 0 Å². The van der Waals surface area contributed by atoms with Gasteiger partial charge in [-0.1, -0.05) is 6.07 Å². The third-order valence-electron chi connectivity index (χ3n) is 3.23. The lowest BCUT2D eigenvalue weighted by molar-refractivity contribution is -0.143. The predicted molar refractivity (Wildman–Crippen MR) is 72.8 cm³/mol. The van der Waals surface area contributed by atoms with Gasteiger partial charge in [0.2, 0.25) is 0 Å². The number of hydrogen-bond acceptors (Lipinski definition) is 4. The van der Waals surface area contributed by atoms with E-state index in [2.05, 4.69) is 10.3 Å². The van der Waals surface area contributed by atoms with Crippen LogP contribution >= 0.6 is 0 Å². The van der Waals surface area contributed by atoms with Crippen LogP contribution in [0.3, 0.4) is 0 Å². The van der Waals surface area contributed by atoms with Crippen LogP contribution < -0.4 is 5.32 Å². The molecule has 1 amide bonds.